The number of halogens is 3. The van der Waals surface area contributed by atoms with Crippen LogP contribution < -0.4 is 16.0 Å². The molecule has 0 bridgehead atoms. The van der Waals surface area contributed by atoms with Crippen LogP contribution in [0.4, 0.5) is 24.5 Å². The van der Waals surface area contributed by atoms with E-state index in [4.69, 9.17) is 4.98 Å². The number of carbonyl (C=O) groups is 4. The number of aliphatic hydroxyl groups is 2. The Hall–Kier alpha value is -4.97. The summed E-state index contributed by atoms with van der Waals surface area (Å²) >= 11 is 1.53. The van der Waals surface area contributed by atoms with Crippen LogP contribution in [0.15, 0.2) is 48.5 Å². The van der Waals surface area contributed by atoms with Crippen molar-refractivity contribution in [2.75, 3.05) is 30.3 Å². The molecule has 4 amide bonds. The fraction of sp³-hybridized carbons (Fsp3) is 0.488. The molecular weight excluding hydrogens is 800 g/mol. The number of anilines is 2. The van der Waals surface area contributed by atoms with Gasteiger partial charge in [-0.25, -0.2) is 9.97 Å². The third kappa shape index (κ3) is 8.49. The van der Waals surface area contributed by atoms with Gasteiger partial charge < -0.3 is 31.1 Å². The molecule has 60 heavy (non-hydrogen) atoms. The second-order valence-electron chi connectivity index (χ2n) is 16.9. The number of hydrogen-bond donors (Lipinski definition) is 5. The summed E-state index contributed by atoms with van der Waals surface area (Å²) in [6, 6.07) is 11.5. The molecule has 4 aromatic rings. The molecule has 4 aliphatic rings. The van der Waals surface area contributed by atoms with Crippen LogP contribution in [0.25, 0.3) is 10.2 Å². The van der Waals surface area contributed by atoms with E-state index in [1.54, 1.807) is 44.2 Å². The maximum Gasteiger partial charge on any atom is 0.433 e. The van der Waals surface area contributed by atoms with E-state index >= 15 is 0 Å². The lowest BCUT2D eigenvalue weighted by molar-refractivity contribution is -0.141. The Kier molecular flexibility index (Phi) is 11.5. The van der Waals surface area contributed by atoms with Crippen molar-refractivity contribution < 1.29 is 42.6 Å². The van der Waals surface area contributed by atoms with Crippen molar-refractivity contribution in [1.29, 1.82) is 0 Å². The average Bonchev–Trinajstić information content (AvgIpc) is 3.75. The predicted octanol–water partition coefficient (Wildman–Crippen LogP) is 6.62. The predicted molar refractivity (Wildman–Crippen MR) is 219 cm³/mol. The Morgan fingerprint density at radius 2 is 1.67 bits per heavy atom. The van der Waals surface area contributed by atoms with E-state index in [-0.39, 0.29) is 36.0 Å². The number of thiazole rings is 1. The van der Waals surface area contributed by atoms with Gasteiger partial charge in [-0.15, -0.1) is 11.3 Å². The van der Waals surface area contributed by atoms with Crippen molar-refractivity contribution in [1.82, 2.24) is 25.1 Å². The summed E-state index contributed by atoms with van der Waals surface area (Å²) in [5.74, 6) is -1.27. The minimum atomic E-state index is -4.70. The number of nitrogens with one attached hydrogen (secondary N) is 3. The molecule has 13 nitrogen and oxygen atoms in total. The summed E-state index contributed by atoms with van der Waals surface area (Å²) in [6.07, 6.45) is 1.43. The van der Waals surface area contributed by atoms with Crippen LogP contribution in [0.5, 0.6) is 0 Å². The molecule has 8 rings (SSSR count). The van der Waals surface area contributed by atoms with Crippen molar-refractivity contribution in [2.45, 2.75) is 108 Å². The third-order valence-corrected chi connectivity index (χ3v) is 13.6. The summed E-state index contributed by atoms with van der Waals surface area (Å²) in [5.41, 5.74) is -0.346. The SMILES string of the molecule is CC(C)(O)c1cc2nc([C@H]3CC[C@H](N4CCC(CCNc5cccc6c5C(=O)N(C5CCC(=O)NC5O)C6=O)CC4)CC3)sc2cc1NC(=O)c1cccc(C(F)(F)F)n1. The van der Waals surface area contributed by atoms with E-state index < -0.39 is 47.5 Å². The Labute approximate surface area is 348 Å². The lowest BCUT2D eigenvalue weighted by Crippen LogP contribution is -2.57. The Morgan fingerprint density at radius 1 is 0.933 bits per heavy atom. The van der Waals surface area contributed by atoms with Gasteiger partial charge in [-0.05, 0) is 121 Å². The Balaban J connectivity index is 0.834. The van der Waals surface area contributed by atoms with Gasteiger partial charge in [0, 0.05) is 41.9 Å². The van der Waals surface area contributed by atoms with E-state index in [0.717, 1.165) is 84.8 Å². The number of benzene rings is 2. The zero-order chi connectivity index (χ0) is 42.5. The van der Waals surface area contributed by atoms with Gasteiger partial charge in [0.1, 0.15) is 17.6 Å². The summed E-state index contributed by atoms with van der Waals surface area (Å²) in [6.45, 7) is 5.82. The molecule has 3 fully saturated rings. The van der Waals surface area contributed by atoms with Gasteiger partial charge in [-0.2, -0.15) is 13.2 Å². The summed E-state index contributed by atoms with van der Waals surface area (Å²) < 4.78 is 40.6. The summed E-state index contributed by atoms with van der Waals surface area (Å²) in [4.78, 5) is 63.7. The fourth-order valence-corrected chi connectivity index (χ4v) is 10.3. The minimum Gasteiger partial charge on any atom is -0.386 e. The number of aromatic nitrogens is 2. The smallest absolute Gasteiger partial charge is 0.386 e. The molecule has 3 aliphatic heterocycles. The second kappa shape index (κ2) is 16.5. The van der Waals surface area contributed by atoms with Gasteiger partial charge in [-0.1, -0.05) is 12.1 Å². The Morgan fingerprint density at radius 3 is 2.37 bits per heavy atom. The first kappa shape index (κ1) is 41.8. The standard InChI is InChI=1S/C43H48F3N7O6S/c1-42(2,59)27-21-31-33(22-30(27)49-37(55)29-7-4-8-34(48-29)43(44,45)46)60-39(50-31)24-9-11-25(12-10-24)52-19-16-23(17-20-52)15-18-47-28-6-3-5-26-36(28)41(58)53(40(26)57)32-13-14-35(54)51-38(32)56/h3-8,21-25,32,38,47,56,59H,9-20H2,1-2H3,(H,49,55)(H,51,54)/t24-,25-,32?,38?. The lowest BCUT2D eigenvalue weighted by atomic mass is 9.84. The molecule has 2 saturated heterocycles. The number of amides is 4. The summed E-state index contributed by atoms with van der Waals surface area (Å²) in [5, 5.41) is 30.9. The van der Waals surface area contributed by atoms with Gasteiger partial charge in [-0.3, -0.25) is 24.1 Å². The normalized spacial score (nSPS) is 23.2. The molecule has 2 unspecified atom stereocenters. The average molecular weight is 848 g/mol. The van der Waals surface area contributed by atoms with Crippen LogP contribution >= 0.6 is 11.3 Å². The molecule has 2 aromatic carbocycles. The fourth-order valence-electron chi connectivity index (χ4n) is 9.18. The molecule has 1 aliphatic carbocycles. The number of hydrogen-bond acceptors (Lipinski definition) is 11. The van der Waals surface area contributed by atoms with Crippen molar-refractivity contribution in [3.8, 4) is 0 Å². The first-order valence-corrected chi connectivity index (χ1v) is 21.4. The number of fused-ring (bicyclic) bond motifs is 2. The van der Waals surface area contributed by atoms with Crippen LogP contribution in [0.1, 0.15) is 125 Å². The third-order valence-electron chi connectivity index (χ3n) is 12.4. The van der Waals surface area contributed by atoms with E-state index in [9.17, 15) is 42.6 Å². The Bertz CT molecular complexity index is 2310. The van der Waals surface area contributed by atoms with Gasteiger partial charge in [0.05, 0.1) is 38.0 Å². The molecule has 1 saturated carbocycles. The number of piperidine rings is 2. The largest absolute Gasteiger partial charge is 0.433 e. The van der Waals surface area contributed by atoms with Crippen LogP contribution in [0.2, 0.25) is 0 Å². The first-order chi connectivity index (χ1) is 28.5. The maximum absolute atomic E-state index is 13.5. The molecule has 318 valence electrons. The van der Waals surface area contributed by atoms with E-state index in [1.807, 2.05) is 0 Å². The number of rotatable bonds is 10. The van der Waals surface area contributed by atoms with Crippen LogP contribution in [-0.2, 0) is 16.6 Å². The van der Waals surface area contributed by atoms with Crippen LogP contribution in [-0.4, -0.2) is 91.6 Å². The highest BCUT2D eigenvalue weighted by molar-refractivity contribution is 7.18. The highest BCUT2D eigenvalue weighted by atomic mass is 32.1. The van der Waals surface area contributed by atoms with E-state index in [1.165, 1.54) is 17.4 Å². The molecule has 2 atom stereocenters. The van der Waals surface area contributed by atoms with Crippen molar-refractivity contribution in [3.05, 3.63) is 81.6 Å². The number of carbonyl (C=O) groups excluding carboxylic acids is 4. The maximum atomic E-state index is 13.5. The highest BCUT2D eigenvalue weighted by Gasteiger charge is 2.45. The molecule has 0 radical (unpaired) electrons. The molecular formula is C43H48F3N7O6S. The molecule has 2 aromatic heterocycles. The highest BCUT2D eigenvalue weighted by Crippen LogP contribution is 2.42. The molecule has 17 heteroatoms. The number of aliphatic hydroxyl groups excluding tert-OH is 1. The molecule has 5 N–H and O–H groups in total. The molecule has 5 heterocycles. The number of nitrogens with zero attached hydrogens (tertiary/aromatic N) is 4. The second-order valence-corrected chi connectivity index (χ2v) is 17.9. The van der Waals surface area contributed by atoms with Crippen LogP contribution in [0.3, 0.4) is 0 Å². The zero-order valence-corrected chi connectivity index (χ0v) is 34.2. The van der Waals surface area contributed by atoms with Gasteiger partial charge in [0.2, 0.25) is 5.91 Å². The first-order valence-electron chi connectivity index (χ1n) is 20.5. The van der Waals surface area contributed by atoms with Gasteiger partial charge in [0.25, 0.3) is 17.7 Å². The van der Waals surface area contributed by atoms with Crippen LogP contribution in [0, 0.1) is 5.92 Å². The number of alkyl halides is 3. The lowest BCUT2D eigenvalue weighted by Gasteiger charge is -2.40. The summed E-state index contributed by atoms with van der Waals surface area (Å²) in [7, 11) is 0. The number of likely N-dealkylation sites (tertiary alicyclic amines) is 1. The number of pyridine rings is 1. The quantitative estimate of drug-likeness (QED) is 0.109. The van der Waals surface area contributed by atoms with Crippen molar-refractivity contribution in [3.63, 3.8) is 0 Å². The molecule has 0 spiro atoms. The van der Waals surface area contributed by atoms with Gasteiger partial charge >= 0.3 is 6.18 Å². The topological polar surface area (TPSA) is 177 Å². The van der Waals surface area contributed by atoms with Crippen molar-refractivity contribution >= 4 is 56.6 Å². The van der Waals surface area contributed by atoms with E-state index in [2.05, 4.69) is 25.8 Å². The number of imide groups is 1. The minimum absolute atomic E-state index is 0.128. The van der Waals surface area contributed by atoms with Gasteiger partial charge in [0.15, 0.2) is 0 Å². The van der Waals surface area contributed by atoms with E-state index in [0.29, 0.717) is 46.4 Å². The monoisotopic (exact) mass is 847 g/mol. The van der Waals surface area contributed by atoms with Crippen molar-refractivity contribution in [2.24, 2.45) is 5.92 Å². The zero-order valence-electron chi connectivity index (χ0n) is 33.3.